The number of alkyl halides is 3. The maximum Gasteiger partial charge on any atom is 0.434 e. The first-order valence-corrected chi connectivity index (χ1v) is 5.59. The van der Waals surface area contributed by atoms with Crippen molar-refractivity contribution >= 4 is 23.7 Å². The van der Waals surface area contributed by atoms with E-state index >= 15 is 0 Å². The number of anilines is 1. The van der Waals surface area contributed by atoms with Crippen molar-refractivity contribution in [1.29, 1.82) is 0 Å². The number of hydrogen-bond donors (Lipinski definition) is 1. The number of hydrogen-bond acceptors (Lipinski definition) is 7. The summed E-state index contributed by atoms with van der Waals surface area (Å²) in [5.41, 5.74) is -0.408. The fourth-order valence-corrected chi connectivity index (χ4v) is 1.52. The van der Waals surface area contributed by atoms with Crippen LogP contribution in [0.1, 0.15) is 16.1 Å². The molecule has 0 saturated heterocycles. The van der Waals surface area contributed by atoms with E-state index in [1.165, 1.54) is 0 Å². The molecule has 1 aliphatic rings. The van der Waals surface area contributed by atoms with E-state index in [0.717, 1.165) is 19.3 Å². The third-order valence-electron chi connectivity index (χ3n) is 2.48. The first-order chi connectivity index (χ1) is 10.2. The summed E-state index contributed by atoms with van der Waals surface area (Å²) in [6.45, 7) is 0. The van der Waals surface area contributed by atoms with E-state index in [0.29, 0.717) is 11.2 Å². The Hall–Kier alpha value is -2.98. The van der Waals surface area contributed by atoms with Crippen molar-refractivity contribution in [1.82, 2.24) is 15.0 Å². The van der Waals surface area contributed by atoms with Crippen LogP contribution in [0.2, 0.25) is 0 Å². The molecule has 0 unspecified atom stereocenters. The zero-order valence-electron chi connectivity index (χ0n) is 10.8. The molecule has 0 radical (unpaired) electrons. The third-order valence-corrected chi connectivity index (χ3v) is 2.48. The van der Waals surface area contributed by atoms with Crippen LogP contribution in [0.5, 0.6) is 0 Å². The molecule has 0 fully saturated rings. The molecule has 0 aromatic carbocycles. The van der Waals surface area contributed by atoms with Gasteiger partial charge in [0.15, 0.2) is 5.69 Å². The Labute approximate surface area is 120 Å². The van der Waals surface area contributed by atoms with Crippen LogP contribution in [0, 0.1) is 0 Å². The largest absolute Gasteiger partial charge is 0.465 e. The zero-order valence-corrected chi connectivity index (χ0v) is 10.8. The molecule has 2 amide bonds. The Balaban J connectivity index is 2.37. The number of esters is 1. The second-order valence-corrected chi connectivity index (χ2v) is 3.90. The number of methoxy groups -OCH3 is 1. The minimum atomic E-state index is -4.96. The zero-order chi connectivity index (χ0) is 16.5. The molecule has 0 aliphatic carbocycles. The molecule has 1 aliphatic heterocycles. The van der Waals surface area contributed by atoms with Crippen LogP contribution < -0.4 is 5.43 Å². The highest BCUT2D eigenvalue weighted by molar-refractivity contribution is 6.13. The molecule has 0 atom stereocenters. The smallest absolute Gasteiger partial charge is 0.434 e. The third kappa shape index (κ3) is 2.87. The van der Waals surface area contributed by atoms with Gasteiger partial charge in [-0.05, 0) is 0 Å². The van der Waals surface area contributed by atoms with E-state index in [2.05, 4.69) is 14.7 Å². The van der Waals surface area contributed by atoms with Gasteiger partial charge in [-0.15, -0.1) is 0 Å². The van der Waals surface area contributed by atoms with E-state index in [1.54, 1.807) is 0 Å². The molecule has 11 heteroatoms. The van der Waals surface area contributed by atoms with Gasteiger partial charge in [0.1, 0.15) is 5.56 Å². The lowest BCUT2D eigenvalue weighted by atomic mass is 10.2. The van der Waals surface area contributed by atoms with E-state index < -0.39 is 41.2 Å². The van der Waals surface area contributed by atoms with Gasteiger partial charge >= 0.3 is 12.1 Å². The highest BCUT2D eigenvalue weighted by atomic mass is 19.4. The Morgan fingerprint density at radius 3 is 2.36 bits per heavy atom. The second kappa shape index (κ2) is 5.42. The first kappa shape index (κ1) is 15.4. The molecule has 22 heavy (non-hydrogen) atoms. The number of carbonyl (C=O) groups excluding carboxylic acids is 3. The van der Waals surface area contributed by atoms with Gasteiger partial charge < -0.3 is 4.74 Å². The average Bonchev–Trinajstić information content (AvgIpc) is 2.77. The number of amides is 2. The summed E-state index contributed by atoms with van der Waals surface area (Å²) in [6, 6.07) is 0. The number of ether oxygens (including phenoxy) is 1. The highest BCUT2D eigenvalue weighted by Gasteiger charge is 2.39. The lowest BCUT2D eigenvalue weighted by Crippen LogP contribution is -2.36. The van der Waals surface area contributed by atoms with Crippen molar-refractivity contribution in [3.8, 4) is 0 Å². The normalized spacial score (nSPS) is 14.5. The summed E-state index contributed by atoms with van der Waals surface area (Å²) in [6.07, 6.45) is -2.53. The molecule has 0 spiro atoms. The maximum absolute atomic E-state index is 12.9. The molecule has 116 valence electrons. The van der Waals surface area contributed by atoms with Crippen molar-refractivity contribution < 1.29 is 32.3 Å². The predicted molar refractivity (Wildman–Crippen MR) is 63.0 cm³/mol. The van der Waals surface area contributed by atoms with Crippen molar-refractivity contribution in [2.24, 2.45) is 0 Å². The minimum Gasteiger partial charge on any atom is -0.465 e. The summed E-state index contributed by atoms with van der Waals surface area (Å²) in [4.78, 5) is 40.5. The summed E-state index contributed by atoms with van der Waals surface area (Å²) in [5.74, 6) is -3.53. The standard InChI is InChI=1S/C11H7F3N4O4/c1-22-9(21)5-4-15-10(16-8(5)11(12,13)14)17-18-6(19)2-3-7(18)20/h2-4H,1H3,(H,15,16,17). The van der Waals surface area contributed by atoms with Gasteiger partial charge in [0.2, 0.25) is 5.95 Å². The van der Waals surface area contributed by atoms with Crippen LogP contribution in [-0.2, 0) is 20.5 Å². The van der Waals surface area contributed by atoms with Crippen molar-refractivity contribution in [2.75, 3.05) is 12.5 Å². The summed E-state index contributed by atoms with van der Waals surface area (Å²) in [5, 5.41) is 0.424. The van der Waals surface area contributed by atoms with Gasteiger partial charge in [0, 0.05) is 18.3 Å². The van der Waals surface area contributed by atoms with Gasteiger partial charge in [-0.1, -0.05) is 0 Å². The summed E-state index contributed by atoms with van der Waals surface area (Å²) in [7, 11) is 0.905. The quantitative estimate of drug-likeness (QED) is 0.641. The van der Waals surface area contributed by atoms with Crippen LogP contribution in [0.15, 0.2) is 18.3 Å². The number of aromatic nitrogens is 2. The van der Waals surface area contributed by atoms with Gasteiger partial charge in [0.05, 0.1) is 7.11 Å². The van der Waals surface area contributed by atoms with E-state index in [-0.39, 0.29) is 0 Å². The Bertz CT molecular complexity index is 668. The number of nitrogens with one attached hydrogen (secondary N) is 1. The highest BCUT2D eigenvalue weighted by Crippen LogP contribution is 2.31. The number of carbonyl (C=O) groups is 3. The average molecular weight is 316 g/mol. The molecular formula is C11H7F3N4O4. The van der Waals surface area contributed by atoms with Gasteiger partial charge in [0.25, 0.3) is 11.8 Å². The van der Waals surface area contributed by atoms with Crippen LogP contribution in [-0.4, -0.2) is 39.9 Å². The number of nitrogens with zero attached hydrogens (tertiary/aromatic N) is 3. The molecule has 2 heterocycles. The lowest BCUT2D eigenvalue weighted by molar-refractivity contribution is -0.141. The van der Waals surface area contributed by atoms with E-state index in [1.807, 2.05) is 5.43 Å². The molecule has 0 bridgehead atoms. The van der Waals surface area contributed by atoms with Crippen LogP contribution in [0.25, 0.3) is 0 Å². The Kier molecular flexibility index (Phi) is 3.80. The molecule has 8 nitrogen and oxygen atoms in total. The molecule has 0 saturated carbocycles. The Morgan fingerprint density at radius 2 is 1.86 bits per heavy atom. The van der Waals surface area contributed by atoms with Gasteiger partial charge in [-0.2, -0.15) is 18.2 Å². The number of halogens is 3. The molecule has 1 N–H and O–H groups in total. The number of imide groups is 1. The van der Waals surface area contributed by atoms with Gasteiger partial charge in [-0.25, -0.2) is 14.8 Å². The van der Waals surface area contributed by atoms with Crippen LogP contribution >= 0.6 is 0 Å². The van der Waals surface area contributed by atoms with Crippen LogP contribution in [0.3, 0.4) is 0 Å². The number of rotatable bonds is 3. The van der Waals surface area contributed by atoms with Gasteiger partial charge in [-0.3, -0.25) is 15.0 Å². The monoisotopic (exact) mass is 316 g/mol. The summed E-state index contributed by atoms with van der Waals surface area (Å²) < 4.78 is 42.9. The molecular weight excluding hydrogens is 309 g/mol. The fourth-order valence-electron chi connectivity index (χ4n) is 1.52. The minimum absolute atomic E-state index is 0.424. The maximum atomic E-state index is 12.9. The second-order valence-electron chi connectivity index (χ2n) is 3.90. The van der Waals surface area contributed by atoms with Crippen molar-refractivity contribution in [3.05, 3.63) is 29.6 Å². The molecule has 1 aromatic heterocycles. The first-order valence-electron chi connectivity index (χ1n) is 5.59. The van der Waals surface area contributed by atoms with E-state index in [4.69, 9.17) is 0 Å². The van der Waals surface area contributed by atoms with Crippen LogP contribution in [0.4, 0.5) is 19.1 Å². The van der Waals surface area contributed by atoms with E-state index in [9.17, 15) is 27.6 Å². The lowest BCUT2D eigenvalue weighted by Gasteiger charge is -2.16. The van der Waals surface area contributed by atoms with Crippen molar-refractivity contribution in [3.63, 3.8) is 0 Å². The SMILES string of the molecule is COC(=O)c1cnc(NN2C(=O)C=CC2=O)nc1C(F)(F)F. The fraction of sp³-hybridized carbons (Fsp3) is 0.182. The molecule has 1 aromatic rings. The molecule has 2 rings (SSSR count). The predicted octanol–water partition coefficient (Wildman–Crippen LogP) is 0.534. The van der Waals surface area contributed by atoms with Crippen molar-refractivity contribution in [2.45, 2.75) is 6.18 Å². The summed E-state index contributed by atoms with van der Waals surface area (Å²) >= 11 is 0. The number of hydrazine groups is 1. The topological polar surface area (TPSA) is 101 Å². The Morgan fingerprint density at radius 1 is 1.27 bits per heavy atom.